The number of hydrogen-bond acceptors (Lipinski definition) is 2. The lowest BCUT2D eigenvalue weighted by molar-refractivity contribution is 0.240. The van der Waals surface area contributed by atoms with Gasteiger partial charge in [-0.1, -0.05) is 0 Å². The van der Waals surface area contributed by atoms with Gasteiger partial charge in [0.25, 0.3) is 0 Å². The number of rotatable bonds is 1. The highest BCUT2D eigenvalue weighted by Gasteiger charge is 2.20. The zero-order valence-electron chi connectivity index (χ0n) is 6.48. The summed E-state index contributed by atoms with van der Waals surface area (Å²) in [4.78, 5) is 6.27. The average molecular weight is 148 g/mol. The molecule has 1 aliphatic heterocycles. The molecule has 1 heterocycles. The molecule has 0 radical (unpaired) electrons. The predicted molar refractivity (Wildman–Crippen MR) is 46.3 cm³/mol. The molecule has 0 amide bonds. The van der Waals surface area contributed by atoms with Crippen molar-refractivity contribution < 1.29 is 0 Å². The Morgan fingerprint density at radius 2 is 2.18 bits per heavy atom. The number of allylic oxidation sites excluding steroid dienone is 1. The molecule has 1 fully saturated rings. The number of nitrogens with zero attached hydrogens (tertiary/aromatic N) is 2. The van der Waals surface area contributed by atoms with Crippen molar-refractivity contribution in [2.24, 2.45) is 4.99 Å². The molecule has 0 bridgehead atoms. The molecule has 0 atom stereocenters. The van der Waals surface area contributed by atoms with Gasteiger partial charge in [0.1, 0.15) is 0 Å². The first-order chi connectivity index (χ1) is 5.47. The van der Waals surface area contributed by atoms with Gasteiger partial charge in [-0.15, -0.1) is 0 Å². The average Bonchev–Trinajstić information content (AvgIpc) is 2.12. The van der Waals surface area contributed by atoms with E-state index in [4.69, 9.17) is 0 Å². The highest BCUT2D eigenvalue weighted by Crippen LogP contribution is 2.25. The summed E-state index contributed by atoms with van der Waals surface area (Å²) in [6.45, 7) is 0. The third-order valence-corrected chi connectivity index (χ3v) is 2.25. The van der Waals surface area contributed by atoms with Crippen molar-refractivity contribution in [1.82, 2.24) is 4.90 Å². The third kappa shape index (κ3) is 1.34. The largest absolute Gasteiger partial charge is 0.350 e. The fourth-order valence-corrected chi connectivity index (χ4v) is 1.33. The van der Waals surface area contributed by atoms with Crippen LogP contribution in [0.4, 0.5) is 0 Å². The maximum absolute atomic E-state index is 4.03. The van der Waals surface area contributed by atoms with Crippen LogP contribution in [0.3, 0.4) is 0 Å². The van der Waals surface area contributed by atoms with E-state index < -0.39 is 0 Å². The molecule has 0 aromatic carbocycles. The Bertz CT molecular complexity index is 196. The summed E-state index contributed by atoms with van der Waals surface area (Å²) in [6.07, 6.45) is 13.8. The quantitative estimate of drug-likeness (QED) is 0.554. The molecule has 0 saturated heterocycles. The maximum atomic E-state index is 4.03. The van der Waals surface area contributed by atoms with Gasteiger partial charge in [0, 0.05) is 30.9 Å². The van der Waals surface area contributed by atoms with E-state index in [9.17, 15) is 0 Å². The molecular weight excluding hydrogens is 136 g/mol. The molecule has 0 spiro atoms. The SMILES string of the molecule is C1=CN(C2CCC2)C=CN=C1. The highest BCUT2D eigenvalue weighted by molar-refractivity contribution is 5.71. The Morgan fingerprint density at radius 1 is 1.27 bits per heavy atom. The molecular formula is C9H12N2. The highest BCUT2D eigenvalue weighted by atomic mass is 15.1. The first-order valence-corrected chi connectivity index (χ1v) is 4.11. The second-order valence-electron chi connectivity index (χ2n) is 2.97. The standard InChI is InChI=1S/C9H12N2/c1-3-9(4-1)11-7-2-5-10-6-8-11/h2,5-9H,1,3-4H2. The van der Waals surface area contributed by atoms with Gasteiger partial charge in [-0.2, -0.15) is 0 Å². The lowest BCUT2D eigenvalue weighted by Gasteiger charge is -2.33. The molecule has 2 aliphatic rings. The molecule has 1 aliphatic carbocycles. The van der Waals surface area contributed by atoms with Gasteiger partial charge in [0.15, 0.2) is 0 Å². The maximum Gasteiger partial charge on any atom is 0.0430 e. The zero-order valence-corrected chi connectivity index (χ0v) is 6.48. The van der Waals surface area contributed by atoms with Crippen LogP contribution in [-0.4, -0.2) is 17.2 Å². The summed E-state index contributed by atoms with van der Waals surface area (Å²) in [5.41, 5.74) is 0. The van der Waals surface area contributed by atoms with Crippen molar-refractivity contribution in [3.63, 3.8) is 0 Å². The van der Waals surface area contributed by atoms with Crippen molar-refractivity contribution in [2.45, 2.75) is 25.3 Å². The summed E-state index contributed by atoms with van der Waals surface area (Å²) in [7, 11) is 0. The van der Waals surface area contributed by atoms with Crippen molar-refractivity contribution in [3.05, 3.63) is 24.7 Å². The summed E-state index contributed by atoms with van der Waals surface area (Å²) in [5.74, 6) is 0. The van der Waals surface area contributed by atoms with Gasteiger partial charge < -0.3 is 4.90 Å². The molecule has 1 saturated carbocycles. The van der Waals surface area contributed by atoms with E-state index in [1.165, 1.54) is 19.3 Å². The Hall–Kier alpha value is -1.05. The van der Waals surface area contributed by atoms with Crippen LogP contribution in [0.25, 0.3) is 0 Å². The Labute approximate surface area is 66.9 Å². The molecule has 11 heavy (non-hydrogen) atoms. The van der Waals surface area contributed by atoms with Crippen LogP contribution in [0.1, 0.15) is 19.3 Å². The van der Waals surface area contributed by atoms with Crippen molar-refractivity contribution >= 4 is 6.21 Å². The summed E-state index contributed by atoms with van der Waals surface area (Å²) >= 11 is 0. The molecule has 2 nitrogen and oxygen atoms in total. The molecule has 0 unspecified atom stereocenters. The Kier molecular flexibility index (Phi) is 1.76. The molecule has 2 heteroatoms. The van der Waals surface area contributed by atoms with Gasteiger partial charge in [0.05, 0.1) is 0 Å². The fraction of sp³-hybridized carbons (Fsp3) is 0.444. The minimum atomic E-state index is 0.740. The zero-order chi connectivity index (χ0) is 7.52. The lowest BCUT2D eigenvalue weighted by atomic mass is 9.92. The van der Waals surface area contributed by atoms with Crippen LogP contribution in [0.2, 0.25) is 0 Å². The summed E-state index contributed by atoms with van der Waals surface area (Å²) in [6, 6.07) is 0.740. The Morgan fingerprint density at radius 3 is 2.91 bits per heavy atom. The van der Waals surface area contributed by atoms with Gasteiger partial charge in [-0.3, -0.25) is 4.99 Å². The summed E-state index contributed by atoms with van der Waals surface area (Å²) in [5, 5.41) is 0. The lowest BCUT2D eigenvalue weighted by Crippen LogP contribution is -2.32. The number of hydrogen-bond donors (Lipinski definition) is 0. The normalized spacial score (nSPS) is 23.5. The first-order valence-electron chi connectivity index (χ1n) is 4.11. The summed E-state index contributed by atoms with van der Waals surface area (Å²) < 4.78 is 0. The van der Waals surface area contributed by atoms with Crippen LogP contribution in [-0.2, 0) is 0 Å². The van der Waals surface area contributed by atoms with Gasteiger partial charge in [-0.25, -0.2) is 0 Å². The number of aliphatic imine (C=N–C) groups is 1. The monoisotopic (exact) mass is 148 g/mol. The van der Waals surface area contributed by atoms with E-state index in [1.807, 2.05) is 24.7 Å². The molecule has 0 aromatic rings. The third-order valence-electron chi connectivity index (χ3n) is 2.25. The first kappa shape index (κ1) is 6.65. The molecule has 2 rings (SSSR count). The van der Waals surface area contributed by atoms with Crippen LogP contribution in [0.5, 0.6) is 0 Å². The smallest absolute Gasteiger partial charge is 0.0430 e. The van der Waals surface area contributed by atoms with Crippen molar-refractivity contribution in [1.29, 1.82) is 0 Å². The van der Waals surface area contributed by atoms with Crippen LogP contribution < -0.4 is 0 Å². The molecule has 58 valence electrons. The van der Waals surface area contributed by atoms with E-state index >= 15 is 0 Å². The van der Waals surface area contributed by atoms with E-state index in [1.54, 1.807) is 0 Å². The second-order valence-corrected chi connectivity index (χ2v) is 2.97. The topological polar surface area (TPSA) is 15.6 Å². The van der Waals surface area contributed by atoms with Gasteiger partial charge in [-0.05, 0) is 25.3 Å². The molecule has 0 aromatic heterocycles. The van der Waals surface area contributed by atoms with Crippen LogP contribution in [0.15, 0.2) is 29.7 Å². The van der Waals surface area contributed by atoms with Gasteiger partial charge in [0.2, 0.25) is 0 Å². The molecule has 0 N–H and O–H groups in total. The van der Waals surface area contributed by atoms with E-state index in [0.29, 0.717) is 0 Å². The van der Waals surface area contributed by atoms with Crippen LogP contribution in [0, 0.1) is 0 Å². The second kappa shape index (κ2) is 2.91. The minimum Gasteiger partial charge on any atom is -0.350 e. The predicted octanol–water partition coefficient (Wildman–Crippen LogP) is 1.91. The van der Waals surface area contributed by atoms with Gasteiger partial charge >= 0.3 is 0 Å². The van der Waals surface area contributed by atoms with Crippen molar-refractivity contribution in [3.8, 4) is 0 Å². The Balaban J connectivity index is 2.02. The fourth-order valence-electron chi connectivity index (χ4n) is 1.33. The minimum absolute atomic E-state index is 0.740. The van der Waals surface area contributed by atoms with Crippen LogP contribution >= 0.6 is 0 Å². The van der Waals surface area contributed by atoms with E-state index in [0.717, 1.165) is 6.04 Å². The van der Waals surface area contributed by atoms with Crippen molar-refractivity contribution in [2.75, 3.05) is 0 Å². The van der Waals surface area contributed by atoms with E-state index in [-0.39, 0.29) is 0 Å². The van der Waals surface area contributed by atoms with E-state index in [2.05, 4.69) is 16.1 Å².